The number of fused-ring (bicyclic) bond motifs is 3. The molecule has 0 aromatic heterocycles. The molecule has 0 radical (unpaired) electrons. The van der Waals surface area contributed by atoms with Crippen molar-refractivity contribution in [2.45, 2.75) is 25.3 Å². The lowest BCUT2D eigenvalue weighted by Gasteiger charge is -2.38. The molecule has 0 amide bonds. The van der Waals surface area contributed by atoms with Gasteiger partial charge in [0.25, 0.3) is 5.69 Å². The molecule has 4 nitrogen and oxygen atoms in total. The first-order valence-corrected chi connectivity index (χ1v) is 8.40. The Kier molecular flexibility index (Phi) is 3.57. The van der Waals surface area contributed by atoms with E-state index >= 15 is 0 Å². The molecule has 122 valence electrons. The number of rotatable bonds is 2. The molecule has 24 heavy (non-hydrogen) atoms. The highest BCUT2D eigenvalue weighted by atomic mass is 35.5. The van der Waals surface area contributed by atoms with Gasteiger partial charge in [-0.2, -0.15) is 0 Å². The van der Waals surface area contributed by atoms with Gasteiger partial charge in [0.05, 0.1) is 11.0 Å². The Morgan fingerprint density at radius 3 is 2.71 bits per heavy atom. The van der Waals surface area contributed by atoms with Crippen molar-refractivity contribution in [3.05, 3.63) is 80.4 Å². The van der Waals surface area contributed by atoms with Crippen molar-refractivity contribution in [2.24, 2.45) is 5.92 Å². The van der Waals surface area contributed by atoms with Gasteiger partial charge in [0.15, 0.2) is 0 Å². The van der Waals surface area contributed by atoms with Crippen LogP contribution in [-0.2, 0) is 0 Å². The molecular weight excluding hydrogens is 324 g/mol. The fourth-order valence-corrected chi connectivity index (χ4v) is 4.26. The molecule has 0 saturated carbocycles. The van der Waals surface area contributed by atoms with Crippen molar-refractivity contribution in [2.75, 3.05) is 5.32 Å². The number of hydrogen-bond donors (Lipinski definition) is 1. The number of allylic oxidation sites excluding steroid dienone is 2. The minimum atomic E-state index is -0.362. The van der Waals surface area contributed by atoms with E-state index in [9.17, 15) is 10.1 Å². The lowest BCUT2D eigenvalue weighted by atomic mass is 9.76. The van der Waals surface area contributed by atoms with E-state index in [1.807, 2.05) is 18.2 Å². The minimum Gasteiger partial charge on any atom is -0.377 e. The van der Waals surface area contributed by atoms with Crippen LogP contribution in [0.3, 0.4) is 0 Å². The molecule has 0 fully saturated rings. The molecule has 5 heteroatoms. The predicted octanol–water partition coefficient (Wildman–Crippen LogP) is 5.38. The zero-order chi connectivity index (χ0) is 16.8. The highest BCUT2D eigenvalue weighted by Gasteiger charge is 2.38. The Morgan fingerprint density at radius 2 is 2.00 bits per heavy atom. The Bertz CT molecular complexity index is 845. The van der Waals surface area contributed by atoms with Crippen molar-refractivity contribution >= 4 is 23.0 Å². The van der Waals surface area contributed by atoms with Crippen LogP contribution in [0.15, 0.2) is 48.6 Å². The van der Waals surface area contributed by atoms with Crippen LogP contribution in [0.25, 0.3) is 0 Å². The van der Waals surface area contributed by atoms with Gasteiger partial charge in [-0.15, -0.1) is 0 Å². The van der Waals surface area contributed by atoms with Crippen LogP contribution in [0.2, 0.25) is 5.02 Å². The van der Waals surface area contributed by atoms with Gasteiger partial charge >= 0.3 is 0 Å². The van der Waals surface area contributed by atoms with Crippen LogP contribution in [0.5, 0.6) is 0 Å². The minimum absolute atomic E-state index is 0.124. The van der Waals surface area contributed by atoms with E-state index in [4.69, 9.17) is 11.6 Å². The van der Waals surface area contributed by atoms with Gasteiger partial charge in [0, 0.05) is 28.8 Å². The number of nitrogens with one attached hydrogen (secondary N) is 1. The molecule has 0 spiro atoms. The number of aryl methyl sites for hydroxylation is 1. The highest BCUT2D eigenvalue weighted by molar-refractivity contribution is 6.30. The first-order chi connectivity index (χ1) is 11.5. The van der Waals surface area contributed by atoms with E-state index in [0.717, 1.165) is 28.3 Å². The summed E-state index contributed by atoms with van der Waals surface area (Å²) in [5.74, 6) is 0.732. The number of hydrogen-bond acceptors (Lipinski definition) is 3. The second kappa shape index (κ2) is 5.64. The van der Waals surface area contributed by atoms with E-state index in [-0.39, 0.29) is 16.7 Å². The maximum atomic E-state index is 10.9. The Balaban J connectivity index is 1.76. The number of non-ortho nitro benzene ring substituents is 1. The molecule has 0 saturated heterocycles. The molecule has 1 aliphatic heterocycles. The first kappa shape index (κ1) is 15.2. The summed E-state index contributed by atoms with van der Waals surface area (Å²) < 4.78 is 0. The summed E-state index contributed by atoms with van der Waals surface area (Å²) in [5, 5.41) is 15.3. The van der Waals surface area contributed by atoms with Gasteiger partial charge in [-0.25, -0.2) is 0 Å². The second-order valence-electron chi connectivity index (χ2n) is 6.51. The number of nitro benzene ring substituents is 1. The number of halogens is 1. The first-order valence-electron chi connectivity index (χ1n) is 8.02. The third-order valence-electron chi connectivity index (χ3n) is 5.09. The van der Waals surface area contributed by atoms with Crippen LogP contribution < -0.4 is 5.32 Å². The van der Waals surface area contributed by atoms with E-state index in [2.05, 4.69) is 30.5 Å². The Labute approximate surface area is 145 Å². The Morgan fingerprint density at radius 1 is 1.25 bits per heavy atom. The van der Waals surface area contributed by atoms with E-state index in [1.54, 1.807) is 12.1 Å². The summed E-state index contributed by atoms with van der Waals surface area (Å²) in [6.45, 7) is 2.06. The van der Waals surface area contributed by atoms with Crippen molar-refractivity contribution in [3.8, 4) is 0 Å². The maximum absolute atomic E-state index is 10.9. The standard InChI is InChI=1S/C19H17ClN2O2/c1-11-9-13(20)10-17-15-3-2-4-16(15)19(21-18(11)17)12-5-7-14(8-6-12)22(23)24/h2-3,5-10,15-16,19,21H,4H2,1H3/t15-,16+,19-/m1/s1. The molecule has 3 atom stereocenters. The summed E-state index contributed by atoms with van der Waals surface area (Å²) >= 11 is 6.26. The third kappa shape index (κ3) is 2.38. The monoisotopic (exact) mass is 340 g/mol. The van der Waals surface area contributed by atoms with Crippen molar-refractivity contribution in [1.29, 1.82) is 0 Å². The van der Waals surface area contributed by atoms with Crippen molar-refractivity contribution < 1.29 is 4.92 Å². The van der Waals surface area contributed by atoms with Crippen LogP contribution in [0, 0.1) is 23.0 Å². The topological polar surface area (TPSA) is 55.2 Å². The van der Waals surface area contributed by atoms with Gasteiger partial charge in [-0.1, -0.05) is 35.9 Å². The van der Waals surface area contributed by atoms with Crippen molar-refractivity contribution in [3.63, 3.8) is 0 Å². The normalized spacial score (nSPS) is 24.2. The molecular formula is C19H17ClN2O2. The van der Waals surface area contributed by atoms with E-state index in [0.29, 0.717) is 11.8 Å². The van der Waals surface area contributed by atoms with Gasteiger partial charge in [-0.3, -0.25) is 10.1 Å². The van der Waals surface area contributed by atoms with E-state index in [1.165, 1.54) is 5.56 Å². The average Bonchev–Trinajstić information content (AvgIpc) is 3.04. The van der Waals surface area contributed by atoms with E-state index < -0.39 is 0 Å². The smallest absolute Gasteiger partial charge is 0.269 e. The SMILES string of the molecule is Cc1cc(Cl)cc2c1N[C@H](c1ccc([N+](=O)[O-])cc1)[C@H]1CC=C[C@@H]21. The zero-order valence-electron chi connectivity index (χ0n) is 13.2. The van der Waals surface area contributed by atoms with Crippen LogP contribution in [-0.4, -0.2) is 4.92 Å². The summed E-state index contributed by atoms with van der Waals surface area (Å²) in [7, 11) is 0. The van der Waals surface area contributed by atoms with Gasteiger partial charge in [0.1, 0.15) is 0 Å². The molecule has 1 aliphatic carbocycles. The lowest BCUT2D eigenvalue weighted by Crippen LogP contribution is -2.29. The number of benzene rings is 2. The number of nitro groups is 1. The number of nitrogens with zero attached hydrogens (tertiary/aromatic N) is 1. The van der Waals surface area contributed by atoms with Gasteiger partial charge in [0.2, 0.25) is 0 Å². The second-order valence-corrected chi connectivity index (χ2v) is 6.95. The molecule has 4 rings (SSSR count). The molecule has 1 heterocycles. The fourth-order valence-electron chi connectivity index (χ4n) is 3.97. The fraction of sp³-hybridized carbons (Fsp3) is 0.263. The summed E-state index contributed by atoms with van der Waals surface area (Å²) in [5.41, 5.74) is 4.72. The molecule has 2 aliphatic rings. The maximum Gasteiger partial charge on any atom is 0.269 e. The van der Waals surface area contributed by atoms with Crippen LogP contribution >= 0.6 is 11.6 Å². The lowest BCUT2D eigenvalue weighted by molar-refractivity contribution is -0.384. The number of anilines is 1. The third-order valence-corrected chi connectivity index (χ3v) is 5.31. The summed E-state index contributed by atoms with van der Waals surface area (Å²) in [4.78, 5) is 10.5. The van der Waals surface area contributed by atoms with Crippen molar-refractivity contribution in [1.82, 2.24) is 0 Å². The molecule has 1 N–H and O–H groups in total. The largest absolute Gasteiger partial charge is 0.377 e. The van der Waals surface area contributed by atoms with Gasteiger partial charge in [-0.05, 0) is 48.1 Å². The quantitative estimate of drug-likeness (QED) is 0.453. The molecule has 0 unspecified atom stereocenters. The predicted molar refractivity (Wildman–Crippen MR) is 95.6 cm³/mol. The molecule has 2 aromatic rings. The van der Waals surface area contributed by atoms with Crippen LogP contribution in [0.1, 0.15) is 35.1 Å². The molecule has 0 bridgehead atoms. The zero-order valence-corrected chi connectivity index (χ0v) is 14.0. The summed E-state index contributed by atoms with van der Waals surface area (Å²) in [6.07, 6.45) is 5.48. The highest BCUT2D eigenvalue weighted by Crippen LogP contribution is 2.51. The van der Waals surface area contributed by atoms with Crippen LogP contribution in [0.4, 0.5) is 11.4 Å². The Hall–Kier alpha value is -2.33. The average molecular weight is 341 g/mol. The van der Waals surface area contributed by atoms with Gasteiger partial charge < -0.3 is 5.32 Å². The summed E-state index contributed by atoms with van der Waals surface area (Å²) in [6, 6.07) is 11.0. The molecule has 2 aromatic carbocycles.